The summed E-state index contributed by atoms with van der Waals surface area (Å²) < 4.78 is 12.5. The number of hydrogen-bond acceptors (Lipinski definition) is 2. The van der Waals surface area contributed by atoms with E-state index < -0.39 is 0 Å². The van der Waals surface area contributed by atoms with Gasteiger partial charge < -0.3 is 10.6 Å². The minimum Gasteiger partial charge on any atom is -0.329 e. The summed E-state index contributed by atoms with van der Waals surface area (Å²) in [6.45, 7) is 0.825. The van der Waals surface area contributed by atoms with Crippen LogP contribution in [0.15, 0.2) is 24.3 Å². The van der Waals surface area contributed by atoms with E-state index in [4.69, 9.17) is 5.73 Å². The zero-order valence-corrected chi connectivity index (χ0v) is 8.34. The van der Waals surface area contributed by atoms with E-state index in [1.807, 2.05) is 0 Å². The second kappa shape index (κ2) is 6.34. The van der Waals surface area contributed by atoms with Gasteiger partial charge in [-0.05, 0) is 24.3 Å². The van der Waals surface area contributed by atoms with Crippen molar-refractivity contribution < 1.29 is 9.18 Å². The number of nitrogens with two attached hydrogens (primary N) is 1. The highest BCUT2D eigenvalue weighted by atomic mass is 35.5. The summed E-state index contributed by atoms with van der Waals surface area (Å²) in [6, 6.07) is 5.70. The zero-order chi connectivity index (χ0) is 9.68. The number of benzene rings is 1. The first-order chi connectivity index (χ1) is 6.27. The molecule has 5 heteroatoms. The fourth-order valence-corrected chi connectivity index (χ4v) is 1.01. The summed E-state index contributed by atoms with van der Waals surface area (Å²) in [5.74, 6) is -0.317. The lowest BCUT2D eigenvalue weighted by molar-refractivity contribution is -0.107. The minimum atomic E-state index is -0.317. The number of anilines is 1. The largest absolute Gasteiger partial charge is 0.329 e. The zero-order valence-electron chi connectivity index (χ0n) is 7.52. The SMILES string of the molecule is Cl.NCCN(C=O)c1ccc(F)cc1. The molecule has 0 spiro atoms. The Bertz CT molecular complexity index is 279. The Morgan fingerprint density at radius 2 is 1.93 bits per heavy atom. The Kier molecular flexibility index (Phi) is 5.83. The molecule has 0 fully saturated rings. The van der Waals surface area contributed by atoms with Crippen molar-refractivity contribution in [3.05, 3.63) is 30.1 Å². The predicted molar refractivity (Wildman–Crippen MR) is 56.1 cm³/mol. The summed E-state index contributed by atoms with van der Waals surface area (Å²) in [4.78, 5) is 12.0. The van der Waals surface area contributed by atoms with Gasteiger partial charge in [-0.25, -0.2) is 4.39 Å². The van der Waals surface area contributed by atoms with Crippen molar-refractivity contribution in [1.82, 2.24) is 0 Å². The third-order valence-electron chi connectivity index (χ3n) is 1.66. The fourth-order valence-electron chi connectivity index (χ4n) is 1.01. The molecular weight excluding hydrogens is 207 g/mol. The molecule has 3 nitrogen and oxygen atoms in total. The number of halogens is 2. The maximum Gasteiger partial charge on any atom is 0.214 e. The van der Waals surface area contributed by atoms with Crippen LogP contribution < -0.4 is 10.6 Å². The molecule has 0 unspecified atom stereocenters. The number of nitrogens with zero attached hydrogens (tertiary/aromatic N) is 1. The van der Waals surface area contributed by atoms with E-state index in [0.29, 0.717) is 25.2 Å². The summed E-state index contributed by atoms with van der Waals surface area (Å²) in [5.41, 5.74) is 5.95. The second-order valence-electron chi connectivity index (χ2n) is 2.56. The summed E-state index contributed by atoms with van der Waals surface area (Å²) in [7, 11) is 0. The van der Waals surface area contributed by atoms with Crippen LogP contribution in [0.5, 0.6) is 0 Å². The highest BCUT2D eigenvalue weighted by Gasteiger charge is 2.02. The van der Waals surface area contributed by atoms with Gasteiger partial charge >= 0.3 is 0 Å². The molecule has 0 heterocycles. The number of carbonyl (C=O) groups is 1. The monoisotopic (exact) mass is 218 g/mol. The Morgan fingerprint density at radius 3 is 2.36 bits per heavy atom. The van der Waals surface area contributed by atoms with E-state index in [2.05, 4.69) is 0 Å². The number of hydrogen-bond donors (Lipinski definition) is 1. The molecule has 0 aliphatic carbocycles. The normalized spacial score (nSPS) is 9.00. The van der Waals surface area contributed by atoms with E-state index in [1.54, 1.807) is 12.1 Å². The first-order valence-electron chi connectivity index (χ1n) is 3.95. The standard InChI is InChI=1S/C9H11FN2O.ClH/c10-8-1-3-9(4-2-8)12(7-13)6-5-11;/h1-4,7H,5-6,11H2;1H. The van der Waals surface area contributed by atoms with Gasteiger partial charge in [0.15, 0.2) is 0 Å². The van der Waals surface area contributed by atoms with Gasteiger partial charge in [0, 0.05) is 18.8 Å². The minimum absolute atomic E-state index is 0. The van der Waals surface area contributed by atoms with Gasteiger partial charge in [-0.2, -0.15) is 0 Å². The third kappa shape index (κ3) is 3.32. The van der Waals surface area contributed by atoms with Crippen molar-refractivity contribution in [2.45, 2.75) is 0 Å². The maximum atomic E-state index is 12.5. The summed E-state index contributed by atoms with van der Waals surface area (Å²) in [6.07, 6.45) is 0.681. The Hall–Kier alpha value is -1.13. The first-order valence-corrected chi connectivity index (χ1v) is 3.95. The molecule has 1 aromatic rings. The van der Waals surface area contributed by atoms with Gasteiger partial charge in [0.1, 0.15) is 5.82 Å². The molecule has 1 rings (SSSR count). The molecule has 0 bridgehead atoms. The van der Waals surface area contributed by atoms with Gasteiger partial charge in [-0.3, -0.25) is 4.79 Å². The molecule has 2 N–H and O–H groups in total. The number of rotatable bonds is 4. The predicted octanol–water partition coefficient (Wildman–Crippen LogP) is 1.17. The van der Waals surface area contributed by atoms with Crippen LogP contribution in [0.2, 0.25) is 0 Å². The van der Waals surface area contributed by atoms with Crippen LogP contribution in [0.1, 0.15) is 0 Å². The molecule has 0 aliphatic heterocycles. The molecule has 1 aromatic carbocycles. The molecule has 1 amide bonds. The number of carbonyl (C=O) groups excluding carboxylic acids is 1. The van der Waals surface area contributed by atoms with Crippen molar-refractivity contribution in [3.8, 4) is 0 Å². The fraction of sp³-hybridized carbons (Fsp3) is 0.222. The summed E-state index contributed by atoms with van der Waals surface area (Å²) >= 11 is 0. The van der Waals surface area contributed by atoms with Crippen molar-refractivity contribution in [1.29, 1.82) is 0 Å². The van der Waals surface area contributed by atoms with Gasteiger partial charge in [0.2, 0.25) is 6.41 Å². The molecular formula is C9H12ClFN2O. The van der Waals surface area contributed by atoms with Crippen molar-refractivity contribution >= 4 is 24.5 Å². The van der Waals surface area contributed by atoms with E-state index in [1.165, 1.54) is 17.0 Å². The average Bonchev–Trinajstić information content (AvgIpc) is 2.16. The van der Waals surface area contributed by atoms with Crippen LogP contribution >= 0.6 is 12.4 Å². The Balaban J connectivity index is 0.00000169. The molecule has 0 aromatic heterocycles. The van der Waals surface area contributed by atoms with Gasteiger partial charge in [0.25, 0.3) is 0 Å². The number of amides is 1. The molecule has 0 saturated heterocycles. The topological polar surface area (TPSA) is 46.3 Å². The molecule has 78 valence electrons. The molecule has 0 atom stereocenters. The molecule has 0 saturated carbocycles. The molecule has 0 radical (unpaired) electrons. The van der Waals surface area contributed by atoms with Gasteiger partial charge in [-0.15, -0.1) is 12.4 Å². The highest BCUT2D eigenvalue weighted by Crippen LogP contribution is 2.12. The summed E-state index contributed by atoms with van der Waals surface area (Å²) in [5, 5.41) is 0. The van der Waals surface area contributed by atoms with Crippen molar-refractivity contribution in [2.75, 3.05) is 18.0 Å². The lowest BCUT2D eigenvalue weighted by atomic mass is 10.3. The van der Waals surface area contributed by atoms with Gasteiger partial charge in [0.05, 0.1) is 0 Å². The Labute approximate surface area is 88.1 Å². The van der Waals surface area contributed by atoms with Crippen molar-refractivity contribution in [2.24, 2.45) is 5.73 Å². The van der Waals surface area contributed by atoms with Crippen LogP contribution in [0, 0.1) is 5.82 Å². The second-order valence-corrected chi connectivity index (χ2v) is 2.56. The van der Waals surface area contributed by atoms with E-state index >= 15 is 0 Å². The molecule has 0 aliphatic rings. The lowest BCUT2D eigenvalue weighted by Gasteiger charge is -2.15. The smallest absolute Gasteiger partial charge is 0.214 e. The van der Waals surface area contributed by atoms with Crippen LogP contribution in [-0.4, -0.2) is 19.5 Å². The lowest BCUT2D eigenvalue weighted by Crippen LogP contribution is -2.27. The van der Waals surface area contributed by atoms with Crippen molar-refractivity contribution in [3.63, 3.8) is 0 Å². The van der Waals surface area contributed by atoms with E-state index in [-0.39, 0.29) is 18.2 Å². The molecule has 14 heavy (non-hydrogen) atoms. The third-order valence-corrected chi connectivity index (χ3v) is 1.66. The van der Waals surface area contributed by atoms with E-state index in [0.717, 1.165) is 0 Å². The highest BCUT2D eigenvalue weighted by molar-refractivity contribution is 5.85. The van der Waals surface area contributed by atoms with E-state index in [9.17, 15) is 9.18 Å². The van der Waals surface area contributed by atoms with Crippen LogP contribution in [0.4, 0.5) is 10.1 Å². The first kappa shape index (κ1) is 12.9. The average molecular weight is 219 g/mol. The quantitative estimate of drug-likeness (QED) is 0.772. The van der Waals surface area contributed by atoms with Crippen LogP contribution in [0.3, 0.4) is 0 Å². The Morgan fingerprint density at radius 1 is 1.36 bits per heavy atom. The van der Waals surface area contributed by atoms with Crippen LogP contribution in [-0.2, 0) is 4.79 Å². The maximum absolute atomic E-state index is 12.5. The van der Waals surface area contributed by atoms with Gasteiger partial charge in [-0.1, -0.05) is 0 Å². The van der Waals surface area contributed by atoms with Crippen LogP contribution in [0.25, 0.3) is 0 Å².